The summed E-state index contributed by atoms with van der Waals surface area (Å²) in [6.45, 7) is 2.29. The van der Waals surface area contributed by atoms with Crippen LogP contribution in [0.25, 0.3) is 0 Å². The SMILES string of the molecule is CCCCCC(CN)(CO)c1ccccc1F. The van der Waals surface area contributed by atoms with Crippen molar-refractivity contribution < 1.29 is 9.50 Å². The molecule has 0 aromatic heterocycles. The van der Waals surface area contributed by atoms with Crippen molar-refractivity contribution in [2.75, 3.05) is 13.2 Å². The van der Waals surface area contributed by atoms with E-state index in [4.69, 9.17) is 5.73 Å². The van der Waals surface area contributed by atoms with Gasteiger partial charge >= 0.3 is 0 Å². The highest BCUT2D eigenvalue weighted by Gasteiger charge is 2.31. The Bertz CT molecular complexity index is 337. The van der Waals surface area contributed by atoms with Gasteiger partial charge in [0.2, 0.25) is 0 Å². The zero-order valence-electron chi connectivity index (χ0n) is 10.5. The molecule has 0 saturated carbocycles. The molecular formula is C14H22FNO. The highest BCUT2D eigenvalue weighted by Crippen LogP contribution is 2.30. The van der Waals surface area contributed by atoms with Crippen LogP contribution in [0, 0.1) is 5.82 Å². The Morgan fingerprint density at radius 3 is 2.53 bits per heavy atom. The van der Waals surface area contributed by atoms with Crippen LogP contribution in [-0.4, -0.2) is 18.3 Å². The third-order valence-corrected chi connectivity index (χ3v) is 3.40. The van der Waals surface area contributed by atoms with Crippen LogP contribution < -0.4 is 5.73 Å². The molecule has 1 rings (SSSR count). The molecule has 0 fully saturated rings. The second kappa shape index (κ2) is 6.72. The molecule has 0 radical (unpaired) electrons. The van der Waals surface area contributed by atoms with Crippen LogP contribution in [0.3, 0.4) is 0 Å². The summed E-state index contributed by atoms with van der Waals surface area (Å²) in [5.74, 6) is -0.275. The Morgan fingerprint density at radius 2 is 2.00 bits per heavy atom. The van der Waals surface area contributed by atoms with Gasteiger partial charge in [0.15, 0.2) is 0 Å². The molecule has 1 aromatic rings. The van der Waals surface area contributed by atoms with E-state index in [1.165, 1.54) is 6.07 Å². The third-order valence-electron chi connectivity index (χ3n) is 3.40. The summed E-state index contributed by atoms with van der Waals surface area (Å²) in [5.41, 5.74) is 5.69. The van der Waals surface area contributed by atoms with Crippen LogP contribution in [0.1, 0.15) is 38.2 Å². The first kappa shape index (κ1) is 14.1. The third kappa shape index (κ3) is 3.27. The van der Waals surface area contributed by atoms with Gasteiger partial charge in [0.25, 0.3) is 0 Å². The van der Waals surface area contributed by atoms with E-state index >= 15 is 0 Å². The zero-order chi connectivity index (χ0) is 12.7. The molecule has 0 bridgehead atoms. The van der Waals surface area contributed by atoms with Gasteiger partial charge in [-0.2, -0.15) is 0 Å². The van der Waals surface area contributed by atoms with Crippen LogP contribution >= 0.6 is 0 Å². The fourth-order valence-corrected chi connectivity index (χ4v) is 2.18. The van der Waals surface area contributed by atoms with Gasteiger partial charge in [-0.1, -0.05) is 44.4 Å². The zero-order valence-corrected chi connectivity index (χ0v) is 10.5. The first-order valence-corrected chi connectivity index (χ1v) is 6.26. The second-order valence-electron chi connectivity index (χ2n) is 4.58. The number of benzene rings is 1. The second-order valence-corrected chi connectivity index (χ2v) is 4.58. The smallest absolute Gasteiger partial charge is 0.127 e. The minimum atomic E-state index is -0.624. The molecule has 17 heavy (non-hydrogen) atoms. The molecular weight excluding hydrogens is 217 g/mol. The van der Waals surface area contributed by atoms with Crippen LogP contribution in [0.5, 0.6) is 0 Å². The van der Waals surface area contributed by atoms with Gasteiger partial charge in [0.1, 0.15) is 5.82 Å². The number of nitrogens with two attached hydrogens (primary N) is 1. The Hall–Kier alpha value is -0.930. The van der Waals surface area contributed by atoms with Gasteiger partial charge in [0, 0.05) is 12.0 Å². The lowest BCUT2D eigenvalue weighted by Gasteiger charge is -2.31. The van der Waals surface area contributed by atoms with Crippen molar-refractivity contribution in [2.24, 2.45) is 5.73 Å². The number of aliphatic hydroxyl groups excluding tert-OH is 1. The highest BCUT2D eigenvalue weighted by molar-refractivity contribution is 5.28. The summed E-state index contributed by atoms with van der Waals surface area (Å²) in [6, 6.07) is 6.60. The van der Waals surface area contributed by atoms with Gasteiger partial charge in [-0.25, -0.2) is 4.39 Å². The normalized spacial score (nSPS) is 14.6. The van der Waals surface area contributed by atoms with Crippen molar-refractivity contribution in [3.63, 3.8) is 0 Å². The first-order chi connectivity index (χ1) is 8.20. The van der Waals surface area contributed by atoms with Crippen LogP contribution in [0.2, 0.25) is 0 Å². The van der Waals surface area contributed by atoms with E-state index in [2.05, 4.69) is 6.92 Å². The minimum Gasteiger partial charge on any atom is -0.395 e. The van der Waals surface area contributed by atoms with E-state index in [1.54, 1.807) is 18.2 Å². The molecule has 3 N–H and O–H groups in total. The number of aliphatic hydroxyl groups is 1. The molecule has 0 aliphatic heterocycles. The van der Waals surface area contributed by atoms with Gasteiger partial charge < -0.3 is 10.8 Å². The largest absolute Gasteiger partial charge is 0.395 e. The average Bonchev–Trinajstić information content (AvgIpc) is 2.36. The molecule has 3 heteroatoms. The van der Waals surface area contributed by atoms with Gasteiger partial charge in [-0.15, -0.1) is 0 Å². The highest BCUT2D eigenvalue weighted by atomic mass is 19.1. The summed E-state index contributed by atoms with van der Waals surface area (Å²) in [5, 5.41) is 9.61. The van der Waals surface area contributed by atoms with Crippen molar-refractivity contribution in [1.29, 1.82) is 0 Å². The lowest BCUT2D eigenvalue weighted by Crippen LogP contribution is -2.39. The molecule has 0 amide bonds. The van der Waals surface area contributed by atoms with Crippen molar-refractivity contribution in [2.45, 2.75) is 38.0 Å². The summed E-state index contributed by atoms with van der Waals surface area (Å²) < 4.78 is 13.8. The Labute approximate surface area is 103 Å². The Kier molecular flexibility index (Phi) is 5.59. The van der Waals surface area contributed by atoms with E-state index in [0.717, 1.165) is 25.7 Å². The standard InChI is InChI=1S/C14H22FNO/c1-2-3-6-9-14(10-16,11-17)12-7-4-5-8-13(12)15/h4-5,7-8,17H,2-3,6,9-11,16H2,1H3. The molecule has 1 atom stereocenters. The molecule has 96 valence electrons. The van der Waals surface area contributed by atoms with Crippen LogP contribution in [0.4, 0.5) is 4.39 Å². The van der Waals surface area contributed by atoms with Crippen LogP contribution in [-0.2, 0) is 5.41 Å². The number of hydrogen-bond donors (Lipinski definition) is 2. The van der Waals surface area contributed by atoms with E-state index in [1.807, 2.05) is 0 Å². The van der Waals surface area contributed by atoms with Gasteiger partial charge in [0.05, 0.1) is 6.61 Å². The molecule has 2 nitrogen and oxygen atoms in total. The molecule has 0 heterocycles. The van der Waals surface area contributed by atoms with Crippen molar-refractivity contribution in [3.8, 4) is 0 Å². The molecule has 0 spiro atoms. The maximum Gasteiger partial charge on any atom is 0.127 e. The number of hydrogen-bond acceptors (Lipinski definition) is 2. The first-order valence-electron chi connectivity index (χ1n) is 6.26. The predicted molar refractivity (Wildman–Crippen MR) is 68.4 cm³/mol. The molecule has 0 saturated heterocycles. The van der Waals surface area contributed by atoms with Crippen molar-refractivity contribution in [3.05, 3.63) is 35.6 Å². The maximum atomic E-state index is 13.8. The Morgan fingerprint density at radius 1 is 1.29 bits per heavy atom. The lowest BCUT2D eigenvalue weighted by atomic mass is 9.76. The summed E-state index contributed by atoms with van der Waals surface area (Å²) >= 11 is 0. The summed E-state index contributed by atoms with van der Waals surface area (Å²) in [6.07, 6.45) is 3.87. The molecule has 1 aromatic carbocycles. The monoisotopic (exact) mass is 239 g/mol. The van der Waals surface area contributed by atoms with E-state index in [0.29, 0.717) is 5.56 Å². The number of halogens is 1. The topological polar surface area (TPSA) is 46.2 Å². The minimum absolute atomic E-state index is 0.103. The number of rotatable bonds is 7. The Balaban J connectivity index is 2.94. The summed E-state index contributed by atoms with van der Waals surface area (Å²) in [7, 11) is 0. The van der Waals surface area contributed by atoms with Crippen molar-refractivity contribution >= 4 is 0 Å². The maximum absolute atomic E-state index is 13.8. The lowest BCUT2D eigenvalue weighted by molar-refractivity contribution is 0.181. The van der Waals surface area contributed by atoms with E-state index in [9.17, 15) is 9.50 Å². The quantitative estimate of drug-likeness (QED) is 0.718. The number of unbranched alkanes of at least 4 members (excludes halogenated alkanes) is 2. The van der Waals surface area contributed by atoms with Crippen molar-refractivity contribution in [1.82, 2.24) is 0 Å². The van der Waals surface area contributed by atoms with Crippen LogP contribution in [0.15, 0.2) is 24.3 Å². The van der Waals surface area contributed by atoms with Gasteiger partial charge in [-0.05, 0) is 18.1 Å². The molecule has 0 aliphatic rings. The average molecular weight is 239 g/mol. The summed E-state index contributed by atoms with van der Waals surface area (Å²) in [4.78, 5) is 0. The fourth-order valence-electron chi connectivity index (χ4n) is 2.18. The molecule has 1 unspecified atom stereocenters. The molecule has 0 aliphatic carbocycles. The van der Waals surface area contributed by atoms with E-state index in [-0.39, 0.29) is 19.0 Å². The van der Waals surface area contributed by atoms with Gasteiger partial charge in [-0.3, -0.25) is 0 Å². The van der Waals surface area contributed by atoms with E-state index < -0.39 is 5.41 Å². The fraction of sp³-hybridized carbons (Fsp3) is 0.571. The predicted octanol–water partition coefficient (Wildman–Crippen LogP) is 2.59.